The standard InChI is InChI=1S/C8H13NO2/c1-3-11-8(10)7-5-9-4-6(7)2/h4,7,9H,3,5H2,1-2H3. The molecule has 11 heavy (non-hydrogen) atoms. The van der Waals surface area contributed by atoms with E-state index in [9.17, 15) is 4.79 Å². The summed E-state index contributed by atoms with van der Waals surface area (Å²) in [6.45, 7) is 4.90. The second kappa shape index (κ2) is 3.42. The largest absolute Gasteiger partial charge is 0.465 e. The van der Waals surface area contributed by atoms with Crippen LogP contribution in [0.15, 0.2) is 11.8 Å². The monoisotopic (exact) mass is 155 g/mol. The van der Waals surface area contributed by atoms with Crippen LogP contribution in [-0.2, 0) is 9.53 Å². The Balaban J connectivity index is 2.48. The second-order valence-electron chi connectivity index (χ2n) is 2.60. The van der Waals surface area contributed by atoms with E-state index in [-0.39, 0.29) is 11.9 Å². The Morgan fingerprint density at radius 3 is 3.09 bits per heavy atom. The normalized spacial score (nSPS) is 22.4. The van der Waals surface area contributed by atoms with Gasteiger partial charge in [-0.2, -0.15) is 0 Å². The van der Waals surface area contributed by atoms with E-state index in [1.165, 1.54) is 0 Å². The molecule has 0 radical (unpaired) electrons. The van der Waals surface area contributed by atoms with Crippen LogP contribution in [-0.4, -0.2) is 19.1 Å². The van der Waals surface area contributed by atoms with Gasteiger partial charge in [-0.3, -0.25) is 4.79 Å². The predicted octanol–water partition coefficient (Wildman–Crippen LogP) is 0.673. The van der Waals surface area contributed by atoms with Crippen molar-refractivity contribution in [2.75, 3.05) is 13.2 Å². The van der Waals surface area contributed by atoms with Crippen LogP contribution < -0.4 is 5.32 Å². The molecule has 3 nitrogen and oxygen atoms in total. The van der Waals surface area contributed by atoms with Crippen LogP contribution in [0.25, 0.3) is 0 Å². The molecule has 3 heteroatoms. The van der Waals surface area contributed by atoms with E-state index in [0.29, 0.717) is 13.2 Å². The average molecular weight is 155 g/mol. The van der Waals surface area contributed by atoms with Crippen LogP contribution in [0.5, 0.6) is 0 Å². The van der Waals surface area contributed by atoms with Crippen LogP contribution in [0.2, 0.25) is 0 Å². The molecule has 1 N–H and O–H groups in total. The van der Waals surface area contributed by atoms with E-state index in [1.807, 2.05) is 20.0 Å². The summed E-state index contributed by atoms with van der Waals surface area (Å²) in [7, 11) is 0. The lowest BCUT2D eigenvalue weighted by Crippen LogP contribution is -2.22. The number of nitrogens with one attached hydrogen (secondary N) is 1. The predicted molar refractivity (Wildman–Crippen MR) is 41.9 cm³/mol. The van der Waals surface area contributed by atoms with E-state index in [0.717, 1.165) is 5.57 Å². The van der Waals surface area contributed by atoms with Crippen molar-refractivity contribution in [3.05, 3.63) is 11.8 Å². The maximum absolute atomic E-state index is 11.2. The Morgan fingerprint density at radius 2 is 2.64 bits per heavy atom. The maximum Gasteiger partial charge on any atom is 0.314 e. The molecule has 62 valence electrons. The fourth-order valence-electron chi connectivity index (χ4n) is 1.11. The number of carbonyl (C=O) groups is 1. The molecule has 1 rings (SSSR count). The fourth-order valence-corrected chi connectivity index (χ4v) is 1.11. The summed E-state index contributed by atoms with van der Waals surface area (Å²) in [5.41, 5.74) is 1.06. The molecule has 0 aromatic carbocycles. The maximum atomic E-state index is 11.2. The summed E-state index contributed by atoms with van der Waals surface area (Å²) in [6.07, 6.45) is 1.86. The topological polar surface area (TPSA) is 38.3 Å². The molecular formula is C8H13NO2. The summed E-state index contributed by atoms with van der Waals surface area (Å²) in [4.78, 5) is 11.2. The first-order valence-electron chi connectivity index (χ1n) is 3.82. The Morgan fingerprint density at radius 1 is 1.91 bits per heavy atom. The van der Waals surface area contributed by atoms with Crippen LogP contribution >= 0.6 is 0 Å². The third kappa shape index (κ3) is 1.73. The van der Waals surface area contributed by atoms with Crippen molar-refractivity contribution in [1.82, 2.24) is 5.32 Å². The summed E-state index contributed by atoms with van der Waals surface area (Å²) in [5, 5.41) is 3.00. The number of hydrogen-bond donors (Lipinski definition) is 1. The fraction of sp³-hybridized carbons (Fsp3) is 0.625. The summed E-state index contributed by atoms with van der Waals surface area (Å²) in [5.74, 6) is -0.179. The van der Waals surface area contributed by atoms with Gasteiger partial charge >= 0.3 is 5.97 Å². The first-order chi connectivity index (χ1) is 5.25. The molecule has 1 aliphatic rings. The van der Waals surface area contributed by atoms with Crippen molar-refractivity contribution in [3.63, 3.8) is 0 Å². The van der Waals surface area contributed by atoms with E-state index in [2.05, 4.69) is 5.32 Å². The van der Waals surface area contributed by atoms with Crippen molar-refractivity contribution in [2.24, 2.45) is 5.92 Å². The van der Waals surface area contributed by atoms with E-state index in [1.54, 1.807) is 0 Å². The van der Waals surface area contributed by atoms with Crippen molar-refractivity contribution in [2.45, 2.75) is 13.8 Å². The molecule has 1 unspecified atom stereocenters. The minimum absolute atomic E-state index is 0.0602. The first-order valence-corrected chi connectivity index (χ1v) is 3.82. The third-order valence-corrected chi connectivity index (χ3v) is 1.77. The van der Waals surface area contributed by atoms with Gasteiger partial charge in [0.1, 0.15) is 0 Å². The Hall–Kier alpha value is -0.990. The van der Waals surface area contributed by atoms with Crippen LogP contribution in [0.4, 0.5) is 0 Å². The highest BCUT2D eigenvalue weighted by Gasteiger charge is 2.24. The number of hydrogen-bond acceptors (Lipinski definition) is 3. The molecule has 0 amide bonds. The molecule has 0 saturated carbocycles. The van der Waals surface area contributed by atoms with Crippen molar-refractivity contribution in [3.8, 4) is 0 Å². The highest BCUT2D eigenvalue weighted by Crippen LogP contribution is 2.15. The first kappa shape index (κ1) is 8.11. The second-order valence-corrected chi connectivity index (χ2v) is 2.60. The summed E-state index contributed by atoms with van der Waals surface area (Å²) < 4.78 is 4.88. The molecule has 0 spiro atoms. The Labute approximate surface area is 66.4 Å². The molecule has 0 fully saturated rings. The molecule has 1 aliphatic heterocycles. The van der Waals surface area contributed by atoms with Crippen LogP contribution in [0, 0.1) is 5.92 Å². The molecule has 0 aromatic rings. The van der Waals surface area contributed by atoms with Gasteiger partial charge in [0.2, 0.25) is 0 Å². The summed E-state index contributed by atoms with van der Waals surface area (Å²) in [6, 6.07) is 0. The molecule has 1 heterocycles. The van der Waals surface area contributed by atoms with Gasteiger partial charge < -0.3 is 10.1 Å². The third-order valence-electron chi connectivity index (χ3n) is 1.77. The van der Waals surface area contributed by atoms with Gasteiger partial charge in [0.05, 0.1) is 12.5 Å². The lowest BCUT2D eigenvalue weighted by molar-refractivity contribution is -0.146. The van der Waals surface area contributed by atoms with Crippen LogP contribution in [0.1, 0.15) is 13.8 Å². The van der Waals surface area contributed by atoms with Gasteiger partial charge in [-0.15, -0.1) is 0 Å². The number of carbonyl (C=O) groups excluding carboxylic acids is 1. The van der Waals surface area contributed by atoms with Crippen molar-refractivity contribution < 1.29 is 9.53 Å². The highest BCUT2D eigenvalue weighted by atomic mass is 16.5. The average Bonchev–Trinajstić information content (AvgIpc) is 2.36. The lowest BCUT2D eigenvalue weighted by atomic mass is 10.1. The zero-order chi connectivity index (χ0) is 8.27. The van der Waals surface area contributed by atoms with E-state index < -0.39 is 0 Å². The van der Waals surface area contributed by atoms with E-state index >= 15 is 0 Å². The van der Waals surface area contributed by atoms with Gasteiger partial charge in [-0.25, -0.2) is 0 Å². The van der Waals surface area contributed by atoms with Crippen molar-refractivity contribution in [1.29, 1.82) is 0 Å². The minimum Gasteiger partial charge on any atom is -0.465 e. The van der Waals surface area contributed by atoms with Gasteiger partial charge in [0.25, 0.3) is 0 Å². The highest BCUT2D eigenvalue weighted by molar-refractivity contribution is 5.76. The smallest absolute Gasteiger partial charge is 0.314 e. The molecule has 0 bridgehead atoms. The number of rotatable bonds is 2. The Kier molecular flexibility index (Phi) is 2.52. The van der Waals surface area contributed by atoms with Gasteiger partial charge in [-0.05, 0) is 25.6 Å². The van der Waals surface area contributed by atoms with Crippen molar-refractivity contribution >= 4 is 5.97 Å². The zero-order valence-corrected chi connectivity index (χ0v) is 6.89. The van der Waals surface area contributed by atoms with Gasteiger partial charge in [0, 0.05) is 6.54 Å². The van der Waals surface area contributed by atoms with Gasteiger partial charge in [0.15, 0.2) is 0 Å². The quantitative estimate of drug-likeness (QED) is 0.596. The zero-order valence-electron chi connectivity index (χ0n) is 6.89. The Bertz CT molecular complexity index is 187. The molecule has 1 atom stereocenters. The minimum atomic E-state index is -0.119. The summed E-state index contributed by atoms with van der Waals surface area (Å²) >= 11 is 0. The molecular weight excluding hydrogens is 142 g/mol. The number of esters is 1. The number of ether oxygens (including phenoxy) is 1. The molecule has 0 aliphatic carbocycles. The lowest BCUT2D eigenvalue weighted by Gasteiger charge is -2.08. The SMILES string of the molecule is CCOC(=O)C1CNC=C1C. The molecule has 0 saturated heterocycles. The molecule has 0 aromatic heterocycles. The van der Waals surface area contributed by atoms with Crippen LogP contribution in [0.3, 0.4) is 0 Å². The van der Waals surface area contributed by atoms with E-state index in [4.69, 9.17) is 4.74 Å². The van der Waals surface area contributed by atoms with Gasteiger partial charge in [-0.1, -0.05) is 0 Å².